The molecular weight excluding hydrogens is 319 g/mol. The molecule has 0 bridgehead atoms. The number of halogens is 3. The zero-order valence-electron chi connectivity index (χ0n) is 12.7. The Labute approximate surface area is 137 Å². The van der Waals surface area contributed by atoms with E-state index in [1.165, 1.54) is 18.2 Å². The van der Waals surface area contributed by atoms with Gasteiger partial charge in [-0.15, -0.1) is 0 Å². The van der Waals surface area contributed by atoms with Crippen LogP contribution in [0.25, 0.3) is 0 Å². The van der Waals surface area contributed by atoms with Gasteiger partial charge < -0.3 is 10.4 Å². The van der Waals surface area contributed by atoms with Gasteiger partial charge in [0, 0.05) is 12.1 Å². The van der Waals surface area contributed by atoms with Crippen molar-refractivity contribution in [1.82, 2.24) is 5.32 Å². The lowest BCUT2D eigenvalue weighted by Gasteiger charge is -2.19. The maximum atomic E-state index is 13.9. The number of nitrogens with one attached hydrogen (secondary N) is 1. The Balaban J connectivity index is 1.71. The van der Waals surface area contributed by atoms with Crippen LogP contribution in [-0.2, 0) is 10.2 Å². The first-order valence-electron chi connectivity index (χ1n) is 7.61. The van der Waals surface area contributed by atoms with Crippen LogP contribution in [0, 0.1) is 17.5 Å². The third-order valence-corrected chi connectivity index (χ3v) is 4.36. The lowest BCUT2D eigenvalue weighted by molar-refractivity contribution is -0.124. The number of aliphatic hydroxyl groups excluding tert-OH is 1. The molecule has 1 unspecified atom stereocenters. The van der Waals surface area contributed by atoms with Gasteiger partial charge in [-0.2, -0.15) is 0 Å². The molecule has 0 radical (unpaired) electrons. The van der Waals surface area contributed by atoms with Crippen LogP contribution in [0.2, 0.25) is 0 Å². The fourth-order valence-corrected chi connectivity index (χ4v) is 2.88. The van der Waals surface area contributed by atoms with E-state index in [1.54, 1.807) is 12.1 Å². The fraction of sp³-hybridized carbons (Fsp3) is 0.278. The van der Waals surface area contributed by atoms with Crippen molar-refractivity contribution in [2.75, 3.05) is 6.54 Å². The molecule has 1 amide bonds. The minimum Gasteiger partial charge on any atom is -0.386 e. The minimum atomic E-state index is -1.52. The molecule has 24 heavy (non-hydrogen) atoms. The van der Waals surface area contributed by atoms with Gasteiger partial charge >= 0.3 is 0 Å². The second-order valence-electron chi connectivity index (χ2n) is 5.92. The molecule has 1 saturated carbocycles. The lowest BCUT2D eigenvalue weighted by Crippen LogP contribution is -2.37. The Bertz CT molecular complexity index is 754. The van der Waals surface area contributed by atoms with E-state index in [2.05, 4.69) is 5.32 Å². The molecule has 1 fully saturated rings. The number of rotatable bonds is 5. The van der Waals surface area contributed by atoms with Crippen molar-refractivity contribution in [1.29, 1.82) is 0 Å². The Morgan fingerprint density at radius 1 is 1.04 bits per heavy atom. The van der Waals surface area contributed by atoms with Crippen LogP contribution in [0.1, 0.15) is 30.1 Å². The Hall–Kier alpha value is -2.34. The van der Waals surface area contributed by atoms with Crippen molar-refractivity contribution in [3.8, 4) is 0 Å². The Kier molecular flexibility index (Phi) is 4.32. The van der Waals surface area contributed by atoms with Crippen LogP contribution in [0.3, 0.4) is 0 Å². The predicted octanol–water partition coefficient (Wildman–Crippen LogP) is 2.99. The van der Waals surface area contributed by atoms with Crippen molar-refractivity contribution >= 4 is 5.91 Å². The summed E-state index contributed by atoms with van der Waals surface area (Å²) < 4.78 is 41.2. The molecule has 0 heterocycles. The largest absolute Gasteiger partial charge is 0.386 e. The van der Waals surface area contributed by atoms with Gasteiger partial charge in [0.15, 0.2) is 0 Å². The van der Waals surface area contributed by atoms with E-state index in [0.717, 1.165) is 12.1 Å². The first kappa shape index (κ1) is 16.5. The molecule has 3 nitrogen and oxygen atoms in total. The monoisotopic (exact) mass is 335 g/mol. The summed E-state index contributed by atoms with van der Waals surface area (Å²) >= 11 is 0. The van der Waals surface area contributed by atoms with Crippen LogP contribution < -0.4 is 5.32 Å². The molecule has 3 rings (SSSR count). The third kappa shape index (κ3) is 2.89. The van der Waals surface area contributed by atoms with Crippen molar-refractivity contribution in [3.63, 3.8) is 0 Å². The number of amides is 1. The summed E-state index contributed by atoms with van der Waals surface area (Å²) in [5, 5.41) is 12.4. The molecule has 6 heteroatoms. The van der Waals surface area contributed by atoms with Gasteiger partial charge in [0.25, 0.3) is 0 Å². The van der Waals surface area contributed by atoms with E-state index in [-0.39, 0.29) is 6.54 Å². The highest BCUT2D eigenvalue weighted by molar-refractivity contribution is 5.91. The lowest BCUT2D eigenvalue weighted by atomic mass is 9.94. The predicted molar refractivity (Wildman–Crippen MR) is 81.6 cm³/mol. The third-order valence-electron chi connectivity index (χ3n) is 4.36. The summed E-state index contributed by atoms with van der Waals surface area (Å²) in [6, 6.07) is 9.28. The standard InChI is InChI=1S/C18H16F3NO2/c19-12-5-2-1-4-11(12)18(8-9-18)17(24)22-10-15(23)16-13(20)6-3-7-14(16)21/h1-7,15,23H,8-10H2,(H,22,24). The maximum absolute atomic E-state index is 13.9. The summed E-state index contributed by atoms with van der Waals surface area (Å²) in [6.07, 6.45) is -0.542. The summed E-state index contributed by atoms with van der Waals surface area (Å²) in [4.78, 5) is 12.4. The van der Waals surface area contributed by atoms with E-state index < -0.39 is 40.4 Å². The van der Waals surface area contributed by atoms with Gasteiger partial charge in [0.1, 0.15) is 23.6 Å². The molecule has 2 aromatic carbocycles. The van der Waals surface area contributed by atoms with E-state index >= 15 is 0 Å². The zero-order valence-corrected chi connectivity index (χ0v) is 12.7. The number of hydrogen-bond acceptors (Lipinski definition) is 2. The molecule has 2 aromatic rings. The molecular formula is C18H16F3NO2. The van der Waals surface area contributed by atoms with E-state index in [4.69, 9.17) is 0 Å². The number of benzene rings is 2. The summed E-state index contributed by atoms with van der Waals surface area (Å²) in [5.41, 5.74) is -1.15. The highest BCUT2D eigenvalue weighted by atomic mass is 19.1. The van der Waals surface area contributed by atoms with Crippen LogP contribution in [0.4, 0.5) is 13.2 Å². The van der Waals surface area contributed by atoms with E-state index in [9.17, 15) is 23.1 Å². The van der Waals surface area contributed by atoms with Crippen LogP contribution in [-0.4, -0.2) is 17.6 Å². The van der Waals surface area contributed by atoms with Crippen molar-refractivity contribution in [2.24, 2.45) is 0 Å². The van der Waals surface area contributed by atoms with Gasteiger partial charge in [-0.1, -0.05) is 24.3 Å². The quantitative estimate of drug-likeness (QED) is 0.883. The highest BCUT2D eigenvalue weighted by Gasteiger charge is 2.52. The fourth-order valence-electron chi connectivity index (χ4n) is 2.88. The van der Waals surface area contributed by atoms with Gasteiger partial charge in [-0.25, -0.2) is 13.2 Å². The number of hydrogen-bond donors (Lipinski definition) is 2. The second kappa shape index (κ2) is 6.28. The maximum Gasteiger partial charge on any atom is 0.230 e. The first-order chi connectivity index (χ1) is 11.5. The molecule has 1 aliphatic carbocycles. The molecule has 1 atom stereocenters. The zero-order chi connectivity index (χ0) is 17.3. The molecule has 2 N–H and O–H groups in total. The number of carbonyl (C=O) groups excluding carboxylic acids is 1. The van der Waals surface area contributed by atoms with Crippen LogP contribution >= 0.6 is 0 Å². The van der Waals surface area contributed by atoms with Crippen molar-refractivity contribution in [2.45, 2.75) is 24.4 Å². The second-order valence-corrected chi connectivity index (χ2v) is 5.92. The Morgan fingerprint density at radius 2 is 1.62 bits per heavy atom. The smallest absolute Gasteiger partial charge is 0.230 e. The summed E-state index contributed by atoms with van der Waals surface area (Å²) in [7, 11) is 0. The number of aliphatic hydroxyl groups is 1. The van der Waals surface area contributed by atoms with Gasteiger partial charge in [0.05, 0.1) is 11.0 Å². The molecule has 1 aliphatic rings. The van der Waals surface area contributed by atoms with Crippen LogP contribution in [0.15, 0.2) is 42.5 Å². The van der Waals surface area contributed by atoms with Crippen LogP contribution in [0.5, 0.6) is 0 Å². The normalized spacial score (nSPS) is 16.5. The number of carbonyl (C=O) groups is 1. The topological polar surface area (TPSA) is 49.3 Å². The van der Waals surface area contributed by atoms with Gasteiger partial charge in [0.2, 0.25) is 5.91 Å². The van der Waals surface area contributed by atoms with Crippen molar-refractivity contribution < 1.29 is 23.1 Å². The molecule has 0 aromatic heterocycles. The molecule has 126 valence electrons. The average molecular weight is 335 g/mol. The SMILES string of the molecule is O=C(NCC(O)c1c(F)cccc1F)C1(c2ccccc2F)CC1. The van der Waals surface area contributed by atoms with Crippen molar-refractivity contribution in [3.05, 3.63) is 71.0 Å². The highest BCUT2D eigenvalue weighted by Crippen LogP contribution is 2.49. The molecule has 0 spiro atoms. The molecule has 0 saturated heterocycles. The van der Waals surface area contributed by atoms with Gasteiger partial charge in [-0.05, 0) is 31.0 Å². The first-order valence-corrected chi connectivity index (χ1v) is 7.61. The molecule has 0 aliphatic heterocycles. The van der Waals surface area contributed by atoms with E-state index in [0.29, 0.717) is 18.4 Å². The van der Waals surface area contributed by atoms with Gasteiger partial charge in [-0.3, -0.25) is 4.79 Å². The Morgan fingerprint density at radius 3 is 2.21 bits per heavy atom. The summed E-state index contributed by atoms with van der Waals surface area (Å²) in [6.45, 7) is -0.354. The summed E-state index contributed by atoms with van der Waals surface area (Å²) in [5.74, 6) is -2.69. The average Bonchev–Trinajstić information content (AvgIpc) is 3.34. The van der Waals surface area contributed by atoms with E-state index in [1.807, 2.05) is 0 Å². The minimum absolute atomic E-state index is 0.300.